The van der Waals surface area contributed by atoms with Crippen LogP contribution in [0.3, 0.4) is 0 Å². The van der Waals surface area contributed by atoms with Crippen LogP contribution in [0.2, 0.25) is 0 Å². The summed E-state index contributed by atoms with van der Waals surface area (Å²) in [6, 6.07) is 5.96. The molecular weight excluding hydrogens is 296 g/mol. The van der Waals surface area contributed by atoms with Gasteiger partial charge in [0.05, 0.1) is 17.8 Å². The Kier molecular flexibility index (Phi) is 4.80. The van der Waals surface area contributed by atoms with Gasteiger partial charge in [-0.25, -0.2) is 4.98 Å². The number of nitrogens with zero attached hydrogens (tertiary/aromatic N) is 2. The van der Waals surface area contributed by atoms with Crippen LogP contribution in [0.4, 0.5) is 0 Å². The first kappa shape index (κ1) is 15.1. The van der Waals surface area contributed by atoms with E-state index in [4.69, 9.17) is 0 Å². The average molecular weight is 316 g/mol. The topological polar surface area (TPSA) is 66.9 Å². The molecule has 3 rings (SSSR count). The monoisotopic (exact) mass is 316 g/mol. The van der Waals surface area contributed by atoms with Crippen LogP contribution in [0.25, 0.3) is 10.7 Å². The lowest BCUT2D eigenvalue weighted by atomic mass is 9.95. The lowest BCUT2D eigenvalue weighted by Crippen LogP contribution is -2.50. The van der Waals surface area contributed by atoms with Gasteiger partial charge in [-0.3, -0.25) is 9.78 Å². The SMILES string of the molecule is CC1CCNCC1NC(=O)Cc1csc(-c2ccccn2)n1. The van der Waals surface area contributed by atoms with Crippen LogP contribution >= 0.6 is 11.3 Å². The lowest BCUT2D eigenvalue weighted by Gasteiger charge is -2.30. The molecule has 1 amide bonds. The number of piperidine rings is 1. The van der Waals surface area contributed by atoms with Crippen LogP contribution in [0, 0.1) is 5.92 Å². The lowest BCUT2D eigenvalue weighted by molar-refractivity contribution is -0.121. The summed E-state index contributed by atoms with van der Waals surface area (Å²) in [5, 5.41) is 9.23. The molecule has 3 heterocycles. The minimum absolute atomic E-state index is 0.0402. The average Bonchev–Trinajstić information content (AvgIpc) is 2.99. The van der Waals surface area contributed by atoms with Crippen molar-refractivity contribution in [3.63, 3.8) is 0 Å². The van der Waals surface area contributed by atoms with Crippen LogP contribution in [0.15, 0.2) is 29.8 Å². The number of hydrogen-bond donors (Lipinski definition) is 2. The molecule has 0 bridgehead atoms. The quantitative estimate of drug-likeness (QED) is 0.903. The largest absolute Gasteiger partial charge is 0.351 e. The highest BCUT2D eigenvalue weighted by Gasteiger charge is 2.22. The third-order valence-electron chi connectivity index (χ3n) is 3.95. The molecule has 1 aliphatic rings. The fraction of sp³-hybridized carbons (Fsp3) is 0.438. The van der Waals surface area contributed by atoms with E-state index in [9.17, 15) is 4.79 Å². The van der Waals surface area contributed by atoms with E-state index in [1.807, 2.05) is 23.6 Å². The minimum Gasteiger partial charge on any atom is -0.351 e. The molecule has 22 heavy (non-hydrogen) atoms. The molecule has 2 aromatic heterocycles. The standard InChI is InChI=1S/C16H20N4OS/c1-11-5-7-17-9-14(11)20-15(21)8-12-10-22-16(19-12)13-4-2-3-6-18-13/h2-4,6,10-11,14,17H,5,7-9H2,1H3,(H,20,21). The Morgan fingerprint density at radius 1 is 1.50 bits per heavy atom. The molecule has 0 radical (unpaired) electrons. The van der Waals surface area contributed by atoms with Gasteiger partial charge in [-0.05, 0) is 31.0 Å². The maximum atomic E-state index is 12.2. The van der Waals surface area contributed by atoms with Gasteiger partial charge < -0.3 is 10.6 Å². The van der Waals surface area contributed by atoms with Gasteiger partial charge in [-0.2, -0.15) is 0 Å². The molecule has 5 nitrogen and oxygen atoms in total. The van der Waals surface area contributed by atoms with E-state index in [0.29, 0.717) is 12.3 Å². The smallest absolute Gasteiger partial charge is 0.226 e. The van der Waals surface area contributed by atoms with E-state index in [1.54, 1.807) is 6.20 Å². The van der Waals surface area contributed by atoms with Crippen molar-refractivity contribution in [2.45, 2.75) is 25.8 Å². The van der Waals surface area contributed by atoms with Gasteiger partial charge in [-0.1, -0.05) is 13.0 Å². The summed E-state index contributed by atoms with van der Waals surface area (Å²) in [4.78, 5) is 21.0. The molecule has 0 aromatic carbocycles. The highest BCUT2D eigenvalue weighted by molar-refractivity contribution is 7.13. The van der Waals surface area contributed by atoms with Gasteiger partial charge in [0.2, 0.25) is 5.91 Å². The number of pyridine rings is 1. The maximum absolute atomic E-state index is 12.2. The first-order valence-electron chi connectivity index (χ1n) is 7.58. The van der Waals surface area contributed by atoms with Gasteiger partial charge >= 0.3 is 0 Å². The second-order valence-corrected chi connectivity index (χ2v) is 6.54. The number of nitrogens with one attached hydrogen (secondary N) is 2. The normalized spacial score (nSPS) is 21.5. The van der Waals surface area contributed by atoms with E-state index < -0.39 is 0 Å². The Bertz CT molecular complexity index is 628. The Labute approximate surface area is 134 Å². The van der Waals surface area contributed by atoms with Gasteiger partial charge in [-0.15, -0.1) is 11.3 Å². The van der Waals surface area contributed by atoms with Crippen molar-refractivity contribution >= 4 is 17.2 Å². The minimum atomic E-state index is 0.0402. The molecule has 1 aliphatic heterocycles. The molecule has 0 spiro atoms. The number of carbonyl (C=O) groups is 1. The highest BCUT2D eigenvalue weighted by atomic mass is 32.1. The molecule has 0 saturated carbocycles. The van der Waals surface area contributed by atoms with Gasteiger partial charge in [0.1, 0.15) is 5.01 Å². The van der Waals surface area contributed by atoms with E-state index in [1.165, 1.54) is 11.3 Å². The summed E-state index contributed by atoms with van der Waals surface area (Å²) in [6.45, 7) is 4.07. The van der Waals surface area contributed by atoms with Crippen LogP contribution in [-0.2, 0) is 11.2 Å². The first-order valence-corrected chi connectivity index (χ1v) is 8.46. The molecule has 2 atom stereocenters. The van der Waals surface area contributed by atoms with E-state index in [0.717, 1.165) is 35.9 Å². The predicted molar refractivity (Wildman–Crippen MR) is 87.6 cm³/mol. The summed E-state index contributed by atoms with van der Waals surface area (Å²) in [7, 11) is 0. The zero-order valence-electron chi connectivity index (χ0n) is 12.6. The van der Waals surface area contributed by atoms with E-state index in [-0.39, 0.29) is 11.9 Å². The van der Waals surface area contributed by atoms with Crippen molar-refractivity contribution in [1.82, 2.24) is 20.6 Å². The molecule has 1 saturated heterocycles. The number of thiazole rings is 1. The Morgan fingerprint density at radius 2 is 2.41 bits per heavy atom. The van der Waals surface area contributed by atoms with Crippen molar-refractivity contribution in [1.29, 1.82) is 0 Å². The molecular formula is C16H20N4OS. The van der Waals surface area contributed by atoms with Gasteiger partial charge in [0.15, 0.2) is 0 Å². The highest BCUT2D eigenvalue weighted by Crippen LogP contribution is 2.21. The number of rotatable bonds is 4. The number of hydrogen-bond acceptors (Lipinski definition) is 5. The molecule has 2 unspecified atom stereocenters. The third kappa shape index (κ3) is 3.69. The summed E-state index contributed by atoms with van der Waals surface area (Å²) in [5.74, 6) is 0.558. The van der Waals surface area contributed by atoms with Gasteiger partial charge in [0, 0.05) is 24.2 Å². The second kappa shape index (κ2) is 6.98. The number of aromatic nitrogens is 2. The number of amides is 1. The zero-order chi connectivity index (χ0) is 15.4. The predicted octanol–water partition coefficient (Wildman–Crippen LogP) is 1.86. The maximum Gasteiger partial charge on any atom is 0.226 e. The van der Waals surface area contributed by atoms with Crippen LogP contribution < -0.4 is 10.6 Å². The third-order valence-corrected chi connectivity index (χ3v) is 4.87. The molecule has 2 aromatic rings. The summed E-state index contributed by atoms with van der Waals surface area (Å²) < 4.78 is 0. The van der Waals surface area contributed by atoms with Crippen LogP contribution in [0.1, 0.15) is 19.0 Å². The Morgan fingerprint density at radius 3 is 3.18 bits per heavy atom. The van der Waals surface area contributed by atoms with E-state index >= 15 is 0 Å². The van der Waals surface area contributed by atoms with Crippen molar-refractivity contribution in [3.05, 3.63) is 35.5 Å². The summed E-state index contributed by atoms with van der Waals surface area (Å²) >= 11 is 1.53. The van der Waals surface area contributed by atoms with E-state index in [2.05, 4.69) is 27.5 Å². The van der Waals surface area contributed by atoms with Gasteiger partial charge in [0.25, 0.3) is 0 Å². The molecule has 2 N–H and O–H groups in total. The van der Waals surface area contributed by atoms with Crippen LogP contribution in [-0.4, -0.2) is 35.0 Å². The van der Waals surface area contributed by atoms with Crippen molar-refractivity contribution in [2.24, 2.45) is 5.92 Å². The molecule has 1 fully saturated rings. The number of carbonyl (C=O) groups excluding carboxylic acids is 1. The van der Waals surface area contributed by atoms with Crippen molar-refractivity contribution in [3.8, 4) is 10.7 Å². The molecule has 0 aliphatic carbocycles. The Hall–Kier alpha value is -1.79. The zero-order valence-corrected chi connectivity index (χ0v) is 13.4. The van der Waals surface area contributed by atoms with Crippen molar-refractivity contribution in [2.75, 3.05) is 13.1 Å². The Balaban J connectivity index is 1.59. The first-order chi connectivity index (χ1) is 10.7. The summed E-state index contributed by atoms with van der Waals surface area (Å²) in [6.07, 6.45) is 3.18. The molecule has 6 heteroatoms. The van der Waals surface area contributed by atoms with Crippen molar-refractivity contribution < 1.29 is 4.79 Å². The second-order valence-electron chi connectivity index (χ2n) is 5.68. The van der Waals surface area contributed by atoms with Crippen LogP contribution in [0.5, 0.6) is 0 Å². The fourth-order valence-electron chi connectivity index (χ4n) is 2.60. The fourth-order valence-corrected chi connectivity index (χ4v) is 3.40. The summed E-state index contributed by atoms with van der Waals surface area (Å²) in [5.41, 5.74) is 1.66. The molecule has 116 valence electrons.